The number of ether oxygens (including phenoxy) is 1. The first-order valence-electron chi connectivity index (χ1n) is 8.36. The zero-order valence-corrected chi connectivity index (χ0v) is 13.9. The molecule has 1 amide bonds. The Bertz CT molecular complexity index is 480. The second-order valence-electron chi connectivity index (χ2n) is 6.63. The molecule has 126 valence electrons. The lowest BCUT2D eigenvalue weighted by Crippen LogP contribution is -2.54. The zero-order valence-electron chi connectivity index (χ0n) is 13.1. The van der Waals surface area contributed by atoms with Gasteiger partial charge in [0.2, 0.25) is 5.91 Å². The summed E-state index contributed by atoms with van der Waals surface area (Å²) in [4.78, 5) is 16.9. The van der Waals surface area contributed by atoms with E-state index in [0.717, 1.165) is 51.9 Å². The Morgan fingerprint density at radius 2 is 1.50 bits per heavy atom. The van der Waals surface area contributed by atoms with E-state index in [1.54, 1.807) is 0 Å². The van der Waals surface area contributed by atoms with E-state index in [1.165, 1.54) is 0 Å². The Morgan fingerprint density at radius 1 is 0.909 bits per heavy atom. The molecule has 0 atom stereocenters. The molecule has 3 aliphatic rings. The molecule has 0 spiro atoms. The maximum Gasteiger partial charge on any atom is 0.225 e. The van der Waals surface area contributed by atoms with Gasteiger partial charge in [0.15, 0.2) is 0 Å². The van der Waals surface area contributed by atoms with Crippen molar-refractivity contribution < 1.29 is 17.9 Å². The Kier molecular flexibility index (Phi) is 5.04. The Labute approximate surface area is 132 Å². The predicted molar refractivity (Wildman–Crippen MR) is 83.4 cm³/mol. The molecular formula is C15H26N2O4S. The molecule has 3 rings (SSSR count). The summed E-state index contributed by atoms with van der Waals surface area (Å²) in [7, 11) is -2.80. The third kappa shape index (κ3) is 3.81. The Balaban J connectivity index is 1.47. The zero-order chi connectivity index (χ0) is 15.6. The number of sulfone groups is 1. The lowest BCUT2D eigenvalue weighted by atomic mass is 9.98. The second kappa shape index (κ2) is 6.84. The van der Waals surface area contributed by atoms with E-state index in [0.29, 0.717) is 30.8 Å². The molecule has 0 bridgehead atoms. The normalized spacial score (nSPS) is 28.6. The van der Waals surface area contributed by atoms with E-state index in [2.05, 4.69) is 4.90 Å². The topological polar surface area (TPSA) is 66.9 Å². The molecule has 0 aliphatic carbocycles. The van der Waals surface area contributed by atoms with Crippen LogP contribution in [0.25, 0.3) is 0 Å². The van der Waals surface area contributed by atoms with E-state index in [-0.39, 0.29) is 11.8 Å². The number of hydrogen-bond acceptors (Lipinski definition) is 5. The van der Waals surface area contributed by atoms with Crippen molar-refractivity contribution in [2.45, 2.75) is 31.7 Å². The van der Waals surface area contributed by atoms with Gasteiger partial charge in [-0.15, -0.1) is 0 Å². The standard InChI is InChI=1S/C15H26N2O4S/c18-15(13-1-9-21-10-2-13)17-7-5-16(6-8-17)14-3-11-22(19,20)12-4-14/h13-14H,1-12H2. The highest BCUT2D eigenvalue weighted by Crippen LogP contribution is 2.22. The molecule has 3 fully saturated rings. The van der Waals surface area contributed by atoms with Gasteiger partial charge in [0, 0.05) is 51.4 Å². The lowest BCUT2D eigenvalue weighted by molar-refractivity contribution is -0.140. The van der Waals surface area contributed by atoms with Crippen molar-refractivity contribution in [2.75, 3.05) is 50.9 Å². The average Bonchev–Trinajstić information content (AvgIpc) is 2.55. The van der Waals surface area contributed by atoms with Crippen LogP contribution >= 0.6 is 0 Å². The first-order chi connectivity index (χ1) is 10.6. The van der Waals surface area contributed by atoms with Gasteiger partial charge in [-0.3, -0.25) is 9.69 Å². The highest BCUT2D eigenvalue weighted by Gasteiger charge is 2.33. The van der Waals surface area contributed by atoms with E-state index >= 15 is 0 Å². The van der Waals surface area contributed by atoms with Gasteiger partial charge in [-0.05, 0) is 25.7 Å². The molecule has 0 aromatic carbocycles. The average molecular weight is 330 g/mol. The van der Waals surface area contributed by atoms with Crippen LogP contribution in [0.3, 0.4) is 0 Å². The molecule has 3 aliphatic heterocycles. The van der Waals surface area contributed by atoms with Crippen molar-refractivity contribution in [3.8, 4) is 0 Å². The van der Waals surface area contributed by atoms with E-state index in [4.69, 9.17) is 4.74 Å². The van der Waals surface area contributed by atoms with Crippen LogP contribution in [0, 0.1) is 5.92 Å². The largest absolute Gasteiger partial charge is 0.381 e. The third-order valence-electron chi connectivity index (χ3n) is 5.24. The van der Waals surface area contributed by atoms with Crippen LogP contribution in [0.2, 0.25) is 0 Å². The van der Waals surface area contributed by atoms with E-state index < -0.39 is 9.84 Å². The molecule has 0 radical (unpaired) electrons. The van der Waals surface area contributed by atoms with Gasteiger partial charge >= 0.3 is 0 Å². The summed E-state index contributed by atoms with van der Waals surface area (Å²) in [5.74, 6) is 1.06. The summed E-state index contributed by atoms with van der Waals surface area (Å²) in [6.45, 7) is 4.71. The third-order valence-corrected chi connectivity index (χ3v) is 6.95. The summed E-state index contributed by atoms with van der Waals surface area (Å²) < 4.78 is 28.3. The van der Waals surface area contributed by atoms with Gasteiger partial charge in [-0.1, -0.05) is 0 Å². The van der Waals surface area contributed by atoms with Crippen LogP contribution in [0.1, 0.15) is 25.7 Å². The first kappa shape index (κ1) is 16.2. The van der Waals surface area contributed by atoms with Gasteiger partial charge in [0.25, 0.3) is 0 Å². The second-order valence-corrected chi connectivity index (χ2v) is 8.93. The maximum atomic E-state index is 12.5. The van der Waals surface area contributed by atoms with E-state index in [1.807, 2.05) is 4.90 Å². The fourth-order valence-electron chi connectivity index (χ4n) is 3.75. The minimum Gasteiger partial charge on any atom is -0.381 e. The van der Waals surface area contributed by atoms with Crippen molar-refractivity contribution in [1.82, 2.24) is 9.80 Å². The molecule has 0 N–H and O–H groups in total. The smallest absolute Gasteiger partial charge is 0.225 e. The van der Waals surface area contributed by atoms with Crippen molar-refractivity contribution in [2.24, 2.45) is 5.92 Å². The SMILES string of the molecule is O=C(C1CCOCC1)N1CCN(C2CCS(=O)(=O)CC2)CC1. The summed E-state index contributed by atoms with van der Waals surface area (Å²) in [5, 5.41) is 0. The summed E-state index contributed by atoms with van der Waals surface area (Å²) in [6.07, 6.45) is 3.19. The van der Waals surface area contributed by atoms with Crippen LogP contribution < -0.4 is 0 Å². The Morgan fingerprint density at radius 3 is 2.09 bits per heavy atom. The number of carbonyl (C=O) groups is 1. The van der Waals surface area contributed by atoms with Crippen molar-refractivity contribution in [3.63, 3.8) is 0 Å². The number of carbonyl (C=O) groups excluding carboxylic acids is 1. The first-order valence-corrected chi connectivity index (χ1v) is 10.2. The highest BCUT2D eigenvalue weighted by atomic mass is 32.2. The quantitative estimate of drug-likeness (QED) is 0.720. The maximum absolute atomic E-state index is 12.5. The predicted octanol–water partition coefficient (Wildman–Crippen LogP) is 0.134. The van der Waals surface area contributed by atoms with Gasteiger partial charge in [-0.2, -0.15) is 0 Å². The fourth-order valence-corrected chi connectivity index (χ4v) is 5.22. The number of rotatable bonds is 2. The monoisotopic (exact) mass is 330 g/mol. The summed E-state index contributed by atoms with van der Waals surface area (Å²) in [6, 6.07) is 0.379. The van der Waals surface area contributed by atoms with Crippen LogP contribution in [0.5, 0.6) is 0 Å². The highest BCUT2D eigenvalue weighted by molar-refractivity contribution is 7.91. The molecule has 0 saturated carbocycles. The number of piperazine rings is 1. The van der Waals surface area contributed by atoms with E-state index in [9.17, 15) is 13.2 Å². The van der Waals surface area contributed by atoms with Crippen molar-refractivity contribution in [1.29, 1.82) is 0 Å². The van der Waals surface area contributed by atoms with Gasteiger partial charge in [-0.25, -0.2) is 8.42 Å². The molecule has 0 aromatic heterocycles. The molecule has 0 aromatic rings. The molecule has 0 unspecified atom stereocenters. The summed E-state index contributed by atoms with van der Waals surface area (Å²) >= 11 is 0. The molecule has 3 saturated heterocycles. The minimum atomic E-state index is -2.80. The van der Waals surface area contributed by atoms with Gasteiger partial charge < -0.3 is 9.64 Å². The van der Waals surface area contributed by atoms with Gasteiger partial charge in [0.1, 0.15) is 9.84 Å². The number of hydrogen-bond donors (Lipinski definition) is 0. The fraction of sp³-hybridized carbons (Fsp3) is 0.933. The Hall–Kier alpha value is -0.660. The molecule has 7 heteroatoms. The van der Waals surface area contributed by atoms with Crippen LogP contribution in [0.4, 0.5) is 0 Å². The summed E-state index contributed by atoms with van der Waals surface area (Å²) in [5.41, 5.74) is 0. The molecular weight excluding hydrogens is 304 g/mol. The van der Waals surface area contributed by atoms with Crippen molar-refractivity contribution in [3.05, 3.63) is 0 Å². The number of nitrogens with zero attached hydrogens (tertiary/aromatic N) is 2. The van der Waals surface area contributed by atoms with Gasteiger partial charge in [0.05, 0.1) is 11.5 Å². The minimum absolute atomic E-state index is 0.139. The molecule has 6 nitrogen and oxygen atoms in total. The van der Waals surface area contributed by atoms with Crippen LogP contribution in [-0.2, 0) is 19.4 Å². The molecule has 22 heavy (non-hydrogen) atoms. The van der Waals surface area contributed by atoms with Crippen LogP contribution in [-0.4, -0.2) is 81.1 Å². The lowest BCUT2D eigenvalue weighted by Gasteiger charge is -2.41. The van der Waals surface area contributed by atoms with Crippen LogP contribution in [0.15, 0.2) is 0 Å². The number of amides is 1. The molecule has 3 heterocycles. The van der Waals surface area contributed by atoms with Crippen molar-refractivity contribution >= 4 is 15.7 Å².